The molecule has 2 aromatic carbocycles. The van der Waals surface area contributed by atoms with Gasteiger partial charge in [-0.1, -0.05) is 12.8 Å². The van der Waals surface area contributed by atoms with Crippen molar-refractivity contribution in [1.82, 2.24) is 14.8 Å². The lowest BCUT2D eigenvalue weighted by molar-refractivity contribution is 0.112. The Hall–Kier alpha value is -3.42. The van der Waals surface area contributed by atoms with E-state index in [0.29, 0.717) is 45.8 Å². The number of fused-ring (bicyclic) bond motifs is 3. The van der Waals surface area contributed by atoms with E-state index in [4.69, 9.17) is 9.15 Å². The molecule has 38 heavy (non-hydrogen) atoms. The van der Waals surface area contributed by atoms with Crippen LogP contribution in [-0.2, 0) is 0 Å². The minimum atomic E-state index is -0.266. The Kier molecular flexibility index (Phi) is 6.80. The average molecular weight is 514 g/mol. The predicted molar refractivity (Wildman–Crippen MR) is 148 cm³/mol. The molecule has 2 aromatic heterocycles. The summed E-state index contributed by atoms with van der Waals surface area (Å²) < 4.78 is 12.5. The van der Waals surface area contributed by atoms with Crippen LogP contribution in [0.3, 0.4) is 0 Å². The summed E-state index contributed by atoms with van der Waals surface area (Å²) in [6.45, 7) is 6.01. The number of pyridine rings is 1. The fraction of sp³-hybridized carbons (Fsp3) is 0.419. The smallest absolute Gasteiger partial charge is 0.154 e. The number of likely N-dealkylation sites (N-methyl/N-ethyl adjacent to an activating group) is 1. The second-order valence-corrected chi connectivity index (χ2v) is 10.8. The van der Waals surface area contributed by atoms with Gasteiger partial charge in [-0.2, -0.15) is 0 Å². The number of aldehydes is 1. The molecule has 1 aliphatic carbocycles. The Morgan fingerprint density at radius 3 is 2.55 bits per heavy atom. The SMILES string of the molecule is Cc1oc2c(c1C=O)c(C(c1ccncc1)N1CCN(C)CC1)c(O)c1cc(OCC3CCCC3)ccc12. The largest absolute Gasteiger partial charge is 0.507 e. The van der Waals surface area contributed by atoms with Crippen LogP contribution in [0.4, 0.5) is 0 Å². The highest BCUT2D eigenvalue weighted by molar-refractivity contribution is 6.15. The van der Waals surface area contributed by atoms with Crippen LogP contribution in [0.2, 0.25) is 0 Å². The number of carbonyl (C=O) groups excluding carboxylic acids is 1. The molecule has 1 saturated carbocycles. The van der Waals surface area contributed by atoms with Crippen LogP contribution < -0.4 is 4.74 Å². The number of phenolic OH excluding ortho intramolecular Hbond substituents is 1. The standard InChI is InChI=1S/C31H35N3O4/c1-20-26(18-35)27-28(29(22-9-11-32-12-10-22)34-15-13-33(2)14-16-34)30(36)25-17-23(7-8-24(25)31(27)38-20)37-19-21-5-3-4-6-21/h7-12,17-18,21,29,36H,3-6,13-16,19H2,1-2H3. The van der Waals surface area contributed by atoms with E-state index in [2.05, 4.69) is 21.8 Å². The first-order valence-corrected chi connectivity index (χ1v) is 13.7. The second-order valence-electron chi connectivity index (χ2n) is 10.8. The number of nitrogens with zero attached hydrogens (tertiary/aromatic N) is 3. The minimum Gasteiger partial charge on any atom is -0.507 e. The highest BCUT2D eigenvalue weighted by atomic mass is 16.5. The number of aromatic nitrogens is 1. The lowest BCUT2D eigenvalue weighted by Crippen LogP contribution is -2.46. The molecule has 1 N–H and O–H groups in total. The van der Waals surface area contributed by atoms with Gasteiger partial charge < -0.3 is 19.2 Å². The lowest BCUT2D eigenvalue weighted by Gasteiger charge is -2.39. The van der Waals surface area contributed by atoms with Crippen molar-refractivity contribution in [2.24, 2.45) is 5.92 Å². The van der Waals surface area contributed by atoms with Gasteiger partial charge >= 0.3 is 0 Å². The number of benzene rings is 2. The molecule has 0 radical (unpaired) electrons. The topological polar surface area (TPSA) is 79.0 Å². The number of aromatic hydroxyl groups is 1. The van der Waals surface area contributed by atoms with E-state index in [1.165, 1.54) is 25.7 Å². The van der Waals surface area contributed by atoms with Crippen LogP contribution in [0.25, 0.3) is 21.7 Å². The van der Waals surface area contributed by atoms with Gasteiger partial charge in [-0.3, -0.25) is 14.7 Å². The Morgan fingerprint density at radius 1 is 1.11 bits per heavy atom. The minimum absolute atomic E-state index is 0.170. The molecule has 6 rings (SSSR count). The zero-order chi connectivity index (χ0) is 26.2. The van der Waals surface area contributed by atoms with E-state index in [1.807, 2.05) is 37.3 Å². The van der Waals surface area contributed by atoms with Gasteiger partial charge in [-0.25, -0.2) is 0 Å². The van der Waals surface area contributed by atoms with Crippen LogP contribution in [0.1, 0.15) is 59.0 Å². The number of hydrogen-bond donors (Lipinski definition) is 1. The summed E-state index contributed by atoms with van der Waals surface area (Å²) in [7, 11) is 2.13. The van der Waals surface area contributed by atoms with Crippen molar-refractivity contribution in [1.29, 1.82) is 0 Å². The number of aryl methyl sites for hydroxylation is 1. The van der Waals surface area contributed by atoms with Gasteiger partial charge in [0.15, 0.2) is 6.29 Å². The van der Waals surface area contributed by atoms with Gasteiger partial charge in [0.1, 0.15) is 22.8 Å². The Labute approximate surface area is 223 Å². The highest BCUT2D eigenvalue weighted by Crippen LogP contribution is 2.47. The number of phenols is 1. The van der Waals surface area contributed by atoms with E-state index in [-0.39, 0.29) is 11.8 Å². The summed E-state index contributed by atoms with van der Waals surface area (Å²) in [6.07, 6.45) is 9.38. The fourth-order valence-electron chi connectivity index (χ4n) is 6.27. The average Bonchev–Trinajstić information content (AvgIpc) is 3.58. The van der Waals surface area contributed by atoms with Gasteiger partial charge in [-0.05, 0) is 68.6 Å². The summed E-state index contributed by atoms with van der Waals surface area (Å²) in [5.74, 6) is 2.05. The molecule has 2 fully saturated rings. The lowest BCUT2D eigenvalue weighted by atomic mass is 9.89. The second kappa shape index (κ2) is 10.4. The van der Waals surface area contributed by atoms with Crippen molar-refractivity contribution >= 4 is 28.0 Å². The van der Waals surface area contributed by atoms with E-state index >= 15 is 0 Å². The summed E-state index contributed by atoms with van der Waals surface area (Å²) in [5.41, 5.74) is 2.84. The molecule has 7 heteroatoms. The summed E-state index contributed by atoms with van der Waals surface area (Å²) >= 11 is 0. The summed E-state index contributed by atoms with van der Waals surface area (Å²) in [4.78, 5) is 21.3. The zero-order valence-corrected chi connectivity index (χ0v) is 22.2. The molecule has 1 atom stereocenters. The van der Waals surface area contributed by atoms with E-state index < -0.39 is 0 Å². The number of carbonyl (C=O) groups is 1. The molecule has 0 bridgehead atoms. The third kappa shape index (κ3) is 4.44. The van der Waals surface area contributed by atoms with Crippen molar-refractivity contribution in [2.75, 3.05) is 39.8 Å². The molecule has 0 spiro atoms. The molecule has 1 aliphatic heterocycles. The Balaban J connectivity index is 1.56. The molecular formula is C31H35N3O4. The van der Waals surface area contributed by atoms with Gasteiger partial charge in [-0.15, -0.1) is 0 Å². The maximum Gasteiger partial charge on any atom is 0.154 e. The fourth-order valence-corrected chi connectivity index (χ4v) is 6.27. The highest BCUT2D eigenvalue weighted by Gasteiger charge is 2.33. The van der Waals surface area contributed by atoms with Crippen molar-refractivity contribution in [3.05, 3.63) is 65.2 Å². The summed E-state index contributed by atoms with van der Waals surface area (Å²) in [5, 5.41) is 14.2. The number of furan rings is 1. The predicted octanol–water partition coefficient (Wildman–Crippen LogP) is 5.71. The molecule has 1 unspecified atom stereocenters. The van der Waals surface area contributed by atoms with Crippen molar-refractivity contribution in [3.8, 4) is 11.5 Å². The first-order chi connectivity index (χ1) is 18.5. The monoisotopic (exact) mass is 513 g/mol. The maximum absolute atomic E-state index is 12.4. The number of ether oxygens (including phenoxy) is 1. The number of piperazine rings is 1. The van der Waals surface area contributed by atoms with Crippen molar-refractivity contribution in [2.45, 2.75) is 38.6 Å². The molecule has 4 aromatic rings. The number of hydrogen-bond acceptors (Lipinski definition) is 7. The molecular weight excluding hydrogens is 478 g/mol. The van der Waals surface area contributed by atoms with Crippen LogP contribution in [-0.4, -0.2) is 66.0 Å². The van der Waals surface area contributed by atoms with Crippen molar-refractivity contribution < 1.29 is 19.1 Å². The van der Waals surface area contributed by atoms with Gasteiger partial charge in [0.25, 0.3) is 0 Å². The van der Waals surface area contributed by atoms with Crippen LogP contribution in [0, 0.1) is 12.8 Å². The van der Waals surface area contributed by atoms with Crippen LogP contribution in [0.15, 0.2) is 47.1 Å². The van der Waals surface area contributed by atoms with E-state index in [1.54, 1.807) is 12.4 Å². The van der Waals surface area contributed by atoms with Gasteiger partial charge in [0.05, 0.1) is 18.2 Å². The van der Waals surface area contributed by atoms with E-state index in [0.717, 1.165) is 49.2 Å². The third-order valence-corrected chi connectivity index (χ3v) is 8.42. The maximum atomic E-state index is 12.4. The zero-order valence-electron chi connectivity index (χ0n) is 22.2. The molecule has 3 heterocycles. The molecule has 7 nitrogen and oxygen atoms in total. The van der Waals surface area contributed by atoms with Crippen molar-refractivity contribution in [3.63, 3.8) is 0 Å². The molecule has 2 aliphatic rings. The van der Waals surface area contributed by atoms with Crippen LogP contribution in [0.5, 0.6) is 11.5 Å². The first kappa shape index (κ1) is 24.9. The molecule has 0 amide bonds. The van der Waals surface area contributed by atoms with Crippen LogP contribution >= 0.6 is 0 Å². The Morgan fingerprint density at radius 2 is 1.84 bits per heavy atom. The number of rotatable bonds is 7. The van der Waals surface area contributed by atoms with Gasteiger partial charge in [0, 0.05) is 60.3 Å². The quantitative estimate of drug-likeness (QED) is 0.317. The Bertz CT molecular complexity index is 1450. The molecule has 198 valence electrons. The third-order valence-electron chi connectivity index (χ3n) is 8.42. The van der Waals surface area contributed by atoms with Gasteiger partial charge in [0.2, 0.25) is 0 Å². The first-order valence-electron chi connectivity index (χ1n) is 13.7. The van der Waals surface area contributed by atoms with E-state index in [9.17, 15) is 9.90 Å². The molecule has 1 saturated heterocycles. The summed E-state index contributed by atoms with van der Waals surface area (Å²) in [6, 6.07) is 9.53. The normalized spacial score (nSPS) is 18.4.